The first-order chi connectivity index (χ1) is 22.8. The smallest absolute Gasteiger partial charge is 0.178 e. The Hall–Kier alpha value is -6.33. The summed E-state index contributed by atoms with van der Waals surface area (Å²) in [4.78, 5) is 14.7. The second kappa shape index (κ2) is 10.7. The molecule has 0 spiro atoms. The third-order valence-corrected chi connectivity index (χ3v) is 8.36. The molecule has 0 radical (unpaired) electrons. The molecule has 0 atom stereocenters. The van der Waals surface area contributed by atoms with Gasteiger partial charge in [-0.2, -0.15) is 0 Å². The second-order valence-corrected chi connectivity index (χ2v) is 11.2. The molecule has 7 aromatic carbocycles. The molecule has 216 valence electrons. The van der Waals surface area contributed by atoms with Gasteiger partial charge in [-0.25, -0.2) is 15.0 Å². The zero-order valence-electron chi connectivity index (χ0n) is 24.6. The van der Waals surface area contributed by atoms with Gasteiger partial charge in [-0.15, -0.1) is 0 Å². The molecule has 0 fully saturated rings. The Kier molecular flexibility index (Phi) is 6.06. The molecule has 2 heterocycles. The Labute approximate surface area is 265 Å². The van der Waals surface area contributed by atoms with Crippen LogP contribution in [0.3, 0.4) is 0 Å². The van der Waals surface area contributed by atoms with Gasteiger partial charge in [0.2, 0.25) is 0 Å². The van der Waals surface area contributed by atoms with Crippen molar-refractivity contribution in [3.05, 3.63) is 152 Å². The monoisotopic (exact) mass is 591 g/mol. The maximum atomic E-state index is 6.65. The molecule has 5 nitrogen and oxygen atoms in total. The van der Waals surface area contributed by atoms with Crippen LogP contribution in [0, 0.1) is 0 Å². The van der Waals surface area contributed by atoms with Crippen molar-refractivity contribution in [3.8, 4) is 68.3 Å². The van der Waals surface area contributed by atoms with E-state index in [0.29, 0.717) is 29.0 Å². The molecule has 0 unspecified atom stereocenters. The van der Waals surface area contributed by atoms with Crippen LogP contribution in [0.15, 0.2) is 152 Å². The minimum Gasteiger partial charge on any atom is -0.449 e. The number of fused-ring (bicyclic) bond motifs is 7. The van der Waals surface area contributed by atoms with Crippen LogP contribution in [-0.4, -0.2) is 15.0 Å². The molecular formula is C41H25N3O2. The van der Waals surface area contributed by atoms with Gasteiger partial charge < -0.3 is 9.47 Å². The Morgan fingerprint density at radius 2 is 0.739 bits per heavy atom. The van der Waals surface area contributed by atoms with Crippen LogP contribution in [0.1, 0.15) is 0 Å². The van der Waals surface area contributed by atoms with Crippen molar-refractivity contribution in [1.82, 2.24) is 15.0 Å². The number of benzene rings is 7. The zero-order valence-corrected chi connectivity index (χ0v) is 24.6. The molecule has 9 rings (SSSR count). The van der Waals surface area contributed by atoms with Crippen LogP contribution in [0.25, 0.3) is 66.8 Å². The summed E-state index contributed by atoms with van der Waals surface area (Å²) in [6, 6.07) is 51.0. The number of rotatable bonds is 4. The van der Waals surface area contributed by atoms with Crippen molar-refractivity contribution < 1.29 is 9.47 Å². The molecule has 0 saturated carbocycles. The van der Waals surface area contributed by atoms with Crippen molar-refractivity contribution in [2.45, 2.75) is 0 Å². The van der Waals surface area contributed by atoms with E-state index in [1.54, 1.807) is 0 Å². The van der Waals surface area contributed by atoms with Crippen molar-refractivity contribution in [1.29, 1.82) is 0 Å². The minimum atomic E-state index is 0.611. The van der Waals surface area contributed by atoms with E-state index in [1.807, 2.05) is 97.1 Å². The molecule has 1 aromatic heterocycles. The van der Waals surface area contributed by atoms with Gasteiger partial charge in [0.05, 0.1) is 0 Å². The standard InChI is InChI=1S/C41H25N3O2/c1-3-12-26(13-4-1)39-42-40(27-14-5-2-6-15-27)44-41(43-39)30-17-11-16-28(24-30)29-22-23-35-36(25-29)46-38-34-21-10-8-19-32(34)31-18-7-9-20-33(31)37(38)45-35/h1-25H. The summed E-state index contributed by atoms with van der Waals surface area (Å²) in [6.45, 7) is 0. The average Bonchev–Trinajstić information content (AvgIpc) is 3.14. The van der Waals surface area contributed by atoms with Gasteiger partial charge in [-0.3, -0.25) is 0 Å². The summed E-state index contributed by atoms with van der Waals surface area (Å²) >= 11 is 0. The molecule has 0 N–H and O–H groups in total. The third-order valence-electron chi connectivity index (χ3n) is 8.36. The SMILES string of the molecule is c1ccc(-c2nc(-c3ccccc3)nc(-c3cccc(-c4ccc5c(c4)Oc4c(c6ccccc6c6ccccc46)O5)c3)n2)cc1. The molecule has 0 saturated heterocycles. The van der Waals surface area contributed by atoms with E-state index in [4.69, 9.17) is 24.4 Å². The van der Waals surface area contributed by atoms with E-state index < -0.39 is 0 Å². The van der Waals surface area contributed by atoms with Gasteiger partial charge in [0.15, 0.2) is 40.5 Å². The molecule has 1 aliphatic rings. The summed E-state index contributed by atoms with van der Waals surface area (Å²) in [6.07, 6.45) is 0. The van der Waals surface area contributed by atoms with Crippen molar-refractivity contribution in [2.75, 3.05) is 0 Å². The predicted octanol–water partition coefficient (Wildman–Crippen LogP) is 10.7. The van der Waals surface area contributed by atoms with Crippen LogP contribution < -0.4 is 9.47 Å². The summed E-state index contributed by atoms with van der Waals surface area (Å²) in [5, 5.41) is 4.32. The Bertz CT molecular complexity index is 2370. The fraction of sp³-hybridized carbons (Fsp3) is 0. The van der Waals surface area contributed by atoms with E-state index in [0.717, 1.165) is 60.9 Å². The van der Waals surface area contributed by atoms with Gasteiger partial charge in [-0.1, -0.05) is 133 Å². The van der Waals surface area contributed by atoms with Gasteiger partial charge in [-0.05, 0) is 40.1 Å². The Morgan fingerprint density at radius 3 is 1.33 bits per heavy atom. The van der Waals surface area contributed by atoms with Crippen LogP contribution in [0.4, 0.5) is 0 Å². The van der Waals surface area contributed by atoms with Crippen molar-refractivity contribution in [2.24, 2.45) is 0 Å². The highest BCUT2D eigenvalue weighted by molar-refractivity contribution is 6.14. The van der Waals surface area contributed by atoms with E-state index in [9.17, 15) is 0 Å². The highest BCUT2D eigenvalue weighted by atomic mass is 16.6. The minimum absolute atomic E-state index is 0.611. The number of hydrogen-bond donors (Lipinski definition) is 0. The first kappa shape index (κ1) is 26.1. The average molecular weight is 592 g/mol. The fourth-order valence-electron chi connectivity index (χ4n) is 6.13. The lowest BCUT2D eigenvalue weighted by atomic mass is 9.99. The third kappa shape index (κ3) is 4.45. The Balaban J connectivity index is 1.13. The molecule has 5 heteroatoms. The number of ether oxygens (including phenoxy) is 2. The lowest BCUT2D eigenvalue weighted by Crippen LogP contribution is -2.01. The fourth-order valence-corrected chi connectivity index (χ4v) is 6.13. The van der Waals surface area contributed by atoms with E-state index >= 15 is 0 Å². The van der Waals surface area contributed by atoms with Gasteiger partial charge >= 0.3 is 0 Å². The second-order valence-electron chi connectivity index (χ2n) is 11.2. The number of hydrogen-bond acceptors (Lipinski definition) is 5. The normalized spacial score (nSPS) is 11.8. The van der Waals surface area contributed by atoms with E-state index in [1.165, 1.54) is 0 Å². The van der Waals surface area contributed by atoms with Crippen LogP contribution in [0.2, 0.25) is 0 Å². The van der Waals surface area contributed by atoms with Crippen LogP contribution in [-0.2, 0) is 0 Å². The molecular weight excluding hydrogens is 566 g/mol. The molecule has 8 aromatic rings. The van der Waals surface area contributed by atoms with Crippen molar-refractivity contribution >= 4 is 21.5 Å². The highest BCUT2D eigenvalue weighted by Gasteiger charge is 2.25. The summed E-state index contributed by atoms with van der Waals surface area (Å²) < 4.78 is 13.2. The largest absolute Gasteiger partial charge is 0.449 e. The van der Waals surface area contributed by atoms with Crippen LogP contribution in [0.5, 0.6) is 23.0 Å². The van der Waals surface area contributed by atoms with E-state index in [-0.39, 0.29) is 0 Å². The molecule has 0 bridgehead atoms. The Morgan fingerprint density at radius 1 is 0.304 bits per heavy atom. The number of aromatic nitrogens is 3. The molecule has 46 heavy (non-hydrogen) atoms. The quantitative estimate of drug-likeness (QED) is 0.191. The lowest BCUT2D eigenvalue weighted by Gasteiger charge is -2.24. The van der Waals surface area contributed by atoms with Gasteiger partial charge in [0.1, 0.15) is 0 Å². The van der Waals surface area contributed by atoms with Crippen molar-refractivity contribution in [3.63, 3.8) is 0 Å². The first-order valence-corrected chi connectivity index (χ1v) is 15.2. The summed E-state index contributed by atoms with van der Waals surface area (Å²) in [7, 11) is 0. The zero-order chi connectivity index (χ0) is 30.5. The maximum Gasteiger partial charge on any atom is 0.178 e. The topological polar surface area (TPSA) is 57.1 Å². The first-order valence-electron chi connectivity index (χ1n) is 15.2. The van der Waals surface area contributed by atoms with E-state index in [2.05, 4.69) is 54.6 Å². The predicted molar refractivity (Wildman–Crippen MR) is 183 cm³/mol. The molecule has 0 amide bonds. The maximum absolute atomic E-state index is 6.65. The summed E-state index contributed by atoms with van der Waals surface area (Å²) in [5.41, 5.74) is 4.78. The summed E-state index contributed by atoms with van der Waals surface area (Å²) in [5.74, 6) is 4.72. The van der Waals surface area contributed by atoms with Crippen LogP contribution >= 0.6 is 0 Å². The highest BCUT2D eigenvalue weighted by Crippen LogP contribution is 2.53. The van der Waals surface area contributed by atoms with Gasteiger partial charge in [0, 0.05) is 27.5 Å². The van der Waals surface area contributed by atoms with Gasteiger partial charge in [0.25, 0.3) is 0 Å². The molecule has 1 aliphatic heterocycles. The molecule has 0 aliphatic carbocycles. The lowest BCUT2D eigenvalue weighted by molar-refractivity contribution is 0.367. The number of nitrogens with zero attached hydrogens (tertiary/aromatic N) is 3.